The molecule has 0 saturated carbocycles. The third-order valence-corrected chi connectivity index (χ3v) is 5.19. The highest BCUT2D eigenvalue weighted by atomic mass is 35.5. The van der Waals surface area contributed by atoms with E-state index in [2.05, 4.69) is 49.8 Å². The SMILES string of the molecule is O=C(CCc1nnc2ccc(Cl)nn12)NC1CCCN(Cc2ccccc2)C1. The minimum absolute atomic E-state index is 0.0327. The van der Waals surface area contributed by atoms with Crippen LogP contribution >= 0.6 is 11.6 Å². The number of aryl methyl sites for hydroxylation is 1. The zero-order chi connectivity index (χ0) is 19.3. The van der Waals surface area contributed by atoms with Gasteiger partial charge in [-0.2, -0.15) is 9.61 Å². The summed E-state index contributed by atoms with van der Waals surface area (Å²) in [6, 6.07) is 14.1. The fourth-order valence-electron chi connectivity index (χ4n) is 3.65. The summed E-state index contributed by atoms with van der Waals surface area (Å²) in [6.07, 6.45) is 2.93. The maximum absolute atomic E-state index is 12.4. The van der Waals surface area contributed by atoms with Gasteiger partial charge in [0.05, 0.1) is 0 Å². The van der Waals surface area contributed by atoms with Crippen LogP contribution in [0, 0.1) is 0 Å². The van der Waals surface area contributed by atoms with E-state index in [0.29, 0.717) is 29.5 Å². The summed E-state index contributed by atoms with van der Waals surface area (Å²) < 4.78 is 1.60. The highest BCUT2D eigenvalue weighted by molar-refractivity contribution is 6.29. The van der Waals surface area contributed by atoms with Crippen molar-refractivity contribution in [2.24, 2.45) is 0 Å². The van der Waals surface area contributed by atoms with Gasteiger partial charge >= 0.3 is 0 Å². The Hall–Kier alpha value is -2.51. The molecule has 1 N–H and O–H groups in total. The summed E-state index contributed by atoms with van der Waals surface area (Å²) in [5.74, 6) is 0.673. The molecule has 0 aliphatic carbocycles. The van der Waals surface area contributed by atoms with Crippen molar-refractivity contribution in [1.82, 2.24) is 30.0 Å². The van der Waals surface area contributed by atoms with Gasteiger partial charge in [-0.05, 0) is 37.1 Å². The lowest BCUT2D eigenvalue weighted by molar-refractivity contribution is -0.122. The van der Waals surface area contributed by atoms with Crippen LogP contribution in [0.2, 0.25) is 5.15 Å². The van der Waals surface area contributed by atoms with Crippen LogP contribution in [-0.2, 0) is 17.8 Å². The third-order valence-electron chi connectivity index (χ3n) is 4.99. The van der Waals surface area contributed by atoms with Crippen molar-refractivity contribution >= 4 is 23.2 Å². The van der Waals surface area contributed by atoms with Crippen molar-refractivity contribution in [1.29, 1.82) is 0 Å². The van der Waals surface area contributed by atoms with Crippen LogP contribution in [0.25, 0.3) is 5.65 Å². The Bertz CT molecular complexity index is 944. The zero-order valence-electron chi connectivity index (χ0n) is 15.6. The minimum atomic E-state index is 0.0327. The smallest absolute Gasteiger partial charge is 0.220 e. The van der Waals surface area contributed by atoms with E-state index in [4.69, 9.17) is 11.6 Å². The summed E-state index contributed by atoms with van der Waals surface area (Å²) in [5, 5.41) is 15.9. The Morgan fingerprint density at radius 3 is 2.89 bits per heavy atom. The van der Waals surface area contributed by atoms with E-state index < -0.39 is 0 Å². The minimum Gasteiger partial charge on any atom is -0.352 e. The number of halogens is 1. The van der Waals surface area contributed by atoms with Gasteiger partial charge in [0.15, 0.2) is 11.5 Å². The molecule has 3 aromatic rings. The molecule has 1 aliphatic rings. The molecule has 1 unspecified atom stereocenters. The van der Waals surface area contributed by atoms with E-state index in [1.54, 1.807) is 16.6 Å². The van der Waals surface area contributed by atoms with E-state index in [1.165, 1.54) is 5.56 Å². The summed E-state index contributed by atoms with van der Waals surface area (Å²) in [6.45, 7) is 2.87. The fourth-order valence-corrected chi connectivity index (χ4v) is 3.79. The molecule has 7 nitrogen and oxygen atoms in total. The molecule has 1 aliphatic heterocycles. The number of rotatable bonds is 6. The number of carbonyl (C=O) groups is 1. The van der Waals surface area contributed by atoms with E-state index in [0.717, 1.165) is 32.5 Å². The van der Waals surface area contributed by atoms with Crippen molar-refractivity contribution < 1.29 is 4.79 Å². The molecule has 1 amide bonds. The molecule has 1 saturated heterocycles. The first-order valence-electron chi connectivity index (χ1n) is 9.60. The highest BCUT2D eigenvalue weighted by Gasteiger charge is 2.21. The van der Waals surface area contributed by atoms with Crippen LogP contribution in [0.15, 0.2) is 42.5 Å². The molecule has 1 atom stereocenters. The Labute approximate surface area is 168 Å². The van der Waals surface area contributed by atoms with Crippen LogP contribution in [0.5, 0.6) is 0 Å². The number of hydrogen-bond donors (Lipinski definition) is 1. The van der Waals surface area contributed by atoms with Gasteiger partial charge in [0.1, 0.15) is 5.15 Å². The molecular formula is C20H23ClN6O. The number of nitrogens with zero attached hydrogens (tertiary/aromatic N) is 5. The lowest BCUT2D eigenvalue weighted by Crippen LogP contribution is -2.47. The first kappa shape index (κ1) is 18.8. The van der Waals surface area contributed by atoms with E-state index in [9.17, 15) is 4.79 Å². The van der Waals surface area contributed by atoms with Crippen LogP contribution in [0.1, 0.15) is 30.7 Å². The second kappa shape index (κ2) is 8.67. The maximum Gasteiger partial charge on any atom is 0.220 e. The Morgan fingerprint density at radius 1 is 1.18 bits per heavy atom. The van der Waals surface area contributed by atoms with Gasteiger partial charge in [0.25, 0.3) is 0 Å². The van der Waals surface area contributed by atoms with Gasteiger partial charge in [0.2, 0.25) is 5.91 Å². The van der Waals surface area contributed by atoms with Crippen LogP contribution in [0.3, 0.4) is 0 Å². The average molecular weight is 399 g/mol. The molecule has 0 bridgehead atoms. The summed E-state index contributed by atoms with van der Waals surface area (Å²) >= 11 is 5.94. The van der Waals surface area contributed by atoms with Crippen LogP contribution in [0.4, 0.5) is 0 Å². The first-order valence-corrected chi connectivity index (χ1v) is 9.97. The second-order valence-electron chi connectivity index (χ2n) is 7.17. The fraction of sp³-hybridized carbons (Fsp3) is 0.400. The van der Waals surface area contributed by atoms with Crippen molar-refractivity contribution in [3.05, 3.63) is 59.0 Å². The third kappa shape index (κ3) is 4.66. The normalized spacial score (nSPS) is 17.7. The van der Waals surface area contributed by atoms with Gasteiger partial charge in [-0.1, -0.05) is 41.9 Å². The molecule has 1 fully saturated rings. The quantitative estimate of drug-likeness (QED) is 0.690. The topological polar surface area (TPSA) is 75.4 Å². The molecule has 4 rings (SSSR count). The van der Waals surface area contributed by atoms with E-state index in [-0.39, 0.29) is 11.9 Å². The Balaban J connectivity index is 1.29. The number of amides is 1. The predicted octanol–water partition coefficient (Wildman–Crippen LogP) is 2.49. The molecule has 0 radical (unpaired) electrons. The number of fused-ring (bicyclic) bond motifs is 1. The van der Waals surface area contributed by atoms with Crippen molar-refractivity contribution in [2.75, 3.05) is 13.1 Å². The number of aromatic nitrogens is 4. The number of nitrogens with one attached hydrogen (secondary N) is 1. The molecule has 146 valence electrons. The van der Waals surface area contributed by atoms with Gasteiger partial charge in [0, 0.05) is 32.0 Å². The van der Waals surface area contributed by atoms with Gasteiger partial charge in [-0.25, -0.2) is 0 Å². The molecule has 2 aromatic heterocycles. The Morgan fingerprint density at radius 2 is 2.04 bits per heavy atom. The molecular weight excluding hydrogens is 376 g/mol. The zero-order valence-corrected chi connectivity index (χ0v) is 16.3. The summed E-state index contributed by atoms with van der Waals surface area (Å²) in [7, 11) is 0. The molecule has 1 aromatic carbocycles. The number of likely N-dealkylation sites (tertiary alicyclic amines) is 1. The molecule has 3 heterocycles. The van der Waals surface area contributed by atoms with Gasteiger partial charge in [-0.15, -0.1) is 10.2 Å². The van der Waals surface area contributed by atoms with Crippen LogP contribution in [-0.4, -0.2) is 49.7 Å². The standard InChI is InChI=1S/C20H23ClN6O/c21-17-8-9-18-23-24-19(27(18)25-17)10-11-20(28)22-16-7-4-12-26(14-16)13-15-5-2-1-3-6-15/h1-3,5-6,8-9,16H,4,7,10-14H2,(H,22,28). The summed E-state index contributed by atoms with van der Waals surface area (Å²) in [4.78, 5) is 14.8. The average Bonchev–Trinajstić information content (AvgIpc) is 3.09. The van der Waals surface area contributed by atoms with Crippen molar-refractivity contribution in [3.8, 4) is 0 Å². The maximum atomic E-state index is 12.4. The molecule has 28 heavy (non-hydrogen) atoms. The monoisotopic (exact) mass is 398 g/mol. The number of carbonyl (C=O) groups excluding carboxylic acids is 1. The predicted molar refractivity (Wildman–Crippen MR) is 107 cm³/mol. The lowest BCUT2D eigenvalue weighted by Gasteiger charge is -2.33. The first-order chi connectivity index (χ1) is 13.7. The second-order valence-corrected chi connectivity index (χ2v) is 7.56. The van der Waals surface area contributed by atoms with E-state index >= 15 is 0 Å². The summed E-state index contributed by atoms with van der Waals surface area (Å²) in [5.41, 5.74) is 1.93. The van der Waals surface area contributed by atoms with Crippen LogP contribution < -0.4 is 5.32 Å². The Kier molecular flexibility index (Phi) is 5.83. The molecule has 8 heteroatoms. The van der Waals surface area contributed by atoms with E-state index in [1.807, 2.05) is 6.07 Å². The number of benzene rings is 1. The van der Waals surface area contributed by atoms with Crippen molar-refractivity contribution in [3.63, 3.8) is 0 Å². The molecule has 0 spiro atoms. The van der Waals surface area contributed by atoms with Gasteiger partial charge < -0.3 is 5.32 Å². The largest absolute Gasteiger partial charge is 0.352 e. The van der Waals surface area contributed by atoms with Gasteiger partial charge in [-0.3, -0.25) is 9.69 Å². The lowest BCUT2D eigenvalue weighted by atomic mass is 10.0. The van der Waals surface area contributed by atoms with Crippen molar-refractivity contribution in [2.45, 2.75) is 38.3 Å². The number of piperidine rings is 1. The number of hydrogen-bond acceptors (Lipinski definition) is 5. The highest BCUT2D eigenvalue weighted by Crippen LogP contribution is 2.14.